The van der Waals surface area contributed by atoms with Gasteiger partial charge in [-0.25, -0.2) is 9.18 Å². The highest BCUT2D eigenvalue weighted by Gasteiger charge is 2.00. The fraction of sp³-hybridized carbons (Fsp3) is 0.111. The molecular weight excluding hydrogens is 295 g/mol. The van der Waals surface area contributed by atoms with Crippen LogP contribution in [0, 0.1) is 29.0 Å². The molecule has 0 aromatic heterocycles. The van der Waals surface area contributed by atoms with E-state index in [1.54, 1.807) is 0 Å². The normalized spacial score (nSPS) is 9.22. The average Bonchev–Trinajstić information content (AvgIpc) is 2.57. The summed E-state index contributed by atoms with van der Waals surface area (Å²) in [6.45, 7) is 0.238. The maximum absolute atomic E-state index is 13.2. The molecule has 2 aromatic rings. The Balaban J connectivity index is 1.80. The van der Waals surface area contributed by atoms with E-state index in [4.69, 9.17) is 10.00 Å². The molecule has 2 aromatic carbocycles. The number of rotatable bonds is 3. The van der Waals surface area contributed by atoms with Gasteiger partial charge in [-0.3, -0.25) is 0 Å². The van der Waals surface area contributed by atoms with E-state index < -0.39 is 11.9 Å². The third-order valence-electron chi connectivity index (χ3n) is 2.79. The van der Waals surface area contributed by atoms with E-state index in [1.807, 2.05) is 36.4 Å². The first-order valence-electron chi connectivity index (χ1n) is 6.81. The fourth-order valence-electron chi connectivity index (χ4n) is 1.76. The SMILES string of the molecule is N#Cc1cc(F)cc(C#CCNC(=O)OCc2ccccc2)c1. The van der Waals surface area contributed by atoms with Gasteiger partial charge in [-0.2, -0.15) is 5.26 Å². The summed E-state index contributed by atoms with van der Waals surface area (Å²) in [5, 5.41) is 11.2. The highest BCUT2D eigenvalue weighted by molar-refractivity contribution is 5.67. The van der Waals surface area contributed by atoms with Crippen molar-refractivity contribution in [3.63, 3.8) is 0 Å². The highest BCUT2D eigenvalue weighted by atomic mass is 19.1. The summed E-state index contributed by atoms with van der Waals surface area (Å²) >= 11 is 0. The zero-order valence-corrected chi connectivity index (χ0v) is 12.2. The Bertz CT molecular complexity index is 786. The molecule has 1 amide bonds. The molecular formula is C18H13FN2O2. The predicted octanol–water partition coefficient (Wildman–Crippen LogP) is 2.98. The second-order valence-corrected chi connectivity index (χ2v) is 4.56. The molecule has 0 aliphatic heterocycles. The summed E-state index contributed by atoms with van der Waals surface area (Å²) in [5.74, 6) is 4.82. The molecule has 0 bridgehead atoms. The van der Waals surface area contributed by atoms with Crippen LogP contribution in [-0.2, 0) is 11.3 Å². The number of hydrogen-bond acceptors (Lipinski definition) is 3. The number of nitriles is 1. The number of nitrogens with one attached hydrogen (secondary N) is 1. The molecule has 4 nitrogen and oxygen atoms in total. The van der Waals surface area contributed by atoms with Crippen molar-refractivity contribution in [1.82, 2.24) is 5.32 Å². The predicted molar refractivity (Wildman–Crippen MR) is 82.6 cm³/mol. The largest absolute Gasteiger partial charge is 0.445 e. The van der Waals surface area contributed by atoms with Crippen molar-refractivity contribution in [1.29, 1.82) is 5.26 Å². The lowest BCUT2D eigenvalue weighted by Crippen LogP contribution is -2.24. The van der Waals surface area contributed by atoms with Crippen LogP contribution in [0.25, 0.3) is 0 Å². The maximum Gasteiger partial charge on any atom is 0.408 e. The van der Waals surface area contributed by atoms with Gasteiger partial charge in [0.2, 0.25) is 0 Å². The molecule has 0 atom stereocenters. The minimum absolute atomic E-state index is 0.0615. The lowest BCUT2D eigenvalue weighted by molar-refractivity contribution is 0.141. The molecule has 0 fully saturated rings. The second-order valence-electron chi connectivity index (χ2n) is 4.56. The molecule has 0 saturated carbocycles. The van der Waals surface area contributed by atoms with Crippen LogP contribution in [0.15, 0.2) is 48.5 Å². The molecule has 1 N–H and O–H groups in total. The minimum atomic E-state index is -0.583. The molecule has 0 unspecified atom stereocenters. The summed E-state index contributed by atoms with van der Waals surface area (Å²) in [7, 11) is 0. The number of hydrogen-bond donors (Lipinski definition) is 1. The number of benzene rings is 2. The van der Waals surface area contributed by atoms with E-state index in [9.17, 15) is 9.18 Å². The van der Waals surface area contributed by atoms with Crippen molar-refractivity contribution in [3.05, 3.63) is 71.0 Å². The Morgan fingerprint density at radius 2 is 1.91 bits per heavy atom. The monoisotopic (exact) mass is 308 g/mol. The van der Waals surface area contributed by atoms with E-state index in [2.05, 4.69) is 17.2 Å². The maximum atomic E-state index is 13.2. The standard InChI is InChI=1S/C18H13FN2O2/c19-17-10-15(9-16(11-17)12-20)7-4-8-21-18(22)23-13-14-5-2-1-3-6-14/h1-3,5-6,9-11H,8,13H2,(H,21,22). The van der Waals surface area contributed by atoms with E-state index in [0.717, 1.165) is 11.6 Å². The number of alkyl carbamates (subject to hydrolysis) is 1. The van der Waals surface area contributed by atoms with Crippen molar-refractivity contribution >= 4 is 6.09 Å². The van der Waals surface area contributed by atoms with E-state index in [-0.39, 0.29) is 18.7 Å². The molecule has 0 aliphatic rings. The number of ether oxygens (including phenoxy) is 1. The van der Waals surface area contributed by atoms with Gasteiger partial charge in [0.25, 0.3) is 0 Å². The van der Waals surface area contributed by atoms with Crippen LogP contribution < -0.4 is 5.32 Å². The van der Waals surface area contributed by atoms with Crippen LogP contribution in [0.3, 0.4) is 0 Å². The molecule has 5 heteroatoms. The van der Waals surface area contributed by atoms with Crippen molar-refractivity contribution in [2.24, 2.45) is 0 Å². The van der Waals surface area contributed by atoms with E-state index in [0.29, 0.717) is 5.56 Å². The van der Waals surface area contributed by atoms with Gasteiger partial charge >= 0.3 is 6.09 Å². The average molecular weight is 308 g/mol. The molecule has 0 aliphatic carbocycles. The van der Waals surface area contributed by atoms with Gasteiger partial charge in [-0.1, -0.05) is 42.2 Å². The zero-order valence-electron chi connectivity index (χ0n) is 12.2. The topological polar surface area (TPSA) is 62.1 Å². The number of carbonyl (C=O) groups excluding carboxylic acids is 1. The Labute approximate surface area is 133 Å². The molecule has 114 valence electrons. The quantitative estimate of drug-likeness (QED) is 0.887. The first kappa shape index (κ1) is 16.1. The van der Waals surface area contributed by atoms with Gasteiger partial charge < -0.3 is 10.1 Å². The Morgan fingerprint density at radius 3 is 2.65 bits per heavy atom. The third-order valence-corrected chi connectivity index (χ3v) is 2.79. The number of halogens is 1. The first-order valence-corrected chi connectivity index (χ1v) is 6.81. The third kappa shape index (κ3) is 5.53. The summed E-state index contributed by atoms with van der Waals surface area (Å²) in [4.78, 5) is 11.5. The van der Waals surface area contributed by atoms with Gasteiger partial charge in [-0.05, 0) is 23.8 Å². The molecule has 0 saturated heterocycles. The Kier molecular flexibility index (Phi) is 5.74. The number of carbonyl (C=O) groups is 1. The first-order chi connectivity index (χ1) is 11.2. The molecule has 2 rings (SSSR count). The Morgan fingerprint density at radius 1 is 1.17 bits per heavy atom. The van der Waals surface area contributed by atoms with Gasteiger partial charge in [0.05, 0.1) is 18.2 Å². The fourth-order valence-corrected chi connectivity index (χ4v) is 1.76. The zero-order chi connectivity index (χ0) is 16.5. The van der Waals surface area contributed by atoms with Crippen molar-refractivity contribution in [2.75, 3.05) is 6.54 Å². The summed E-state index contributed by atoms with van der Waals surface area (Å²) < 4.78 is 18.2. The van der Waals surface area contributed by atoms with Crippen molar-refractivity contribution < 1.29 is 13.9 Å². The van der Waals surface area contributed by atoms with Crippen LogP contribution in [-0.4, -0.2) is 12.6 Å². The van der Waals surface area contributed by atoms with Crippen molar-refractivity contribution in [2.45, 2.75) is 6.61 Å². The summed E-state index contributed by atoms with van der Waals surface area (Å²) in [5.41, 5.74) is 1.46. The molecule has 0 spiro atoms. The number of nitrogens with zero attached hydrogens (tertiary/aromatic N) is 1. The van der Waals surface area contributed by atoms with Crippen LogP contribution in [0.5, 0.6) is 0 Å². The second kappa shape index (κ2) is 8.21. The molecule has 23 heavy (non-hydrogen) atoms. The minimum Gasteiger partial charge on any atom is -0.445 e. The van der Waals surface area contributed by atoms with Crippen LogP contribution in [0.2, 0.25) is 0 Å². The summed E-state index contributed by atoms with van der Waals surface area (Å²) in [6, 6.07) is 15.0. The smallest absolute Gasteiger partial charge is 0.408 e. The molecule has 0 radical (unpaired) electrons. The van der Waals surface area contributed by atoms with Crippen LogP contribution in [0.1, 0.15) is 16.7 Å². The lowest BCUT2D eigenvalue weighted by Gasteiger charge is -2.04. The van der Waals surface area contributed by atoms with Crippen LogP contribution >= 0.6 is 0 Å². The van der Waals surface area contributed by atoms with E-state index in [1.165, 1.54) is 12.1 Å². The summed E-state index contributed by atoms with van der Waals surface area (Å²) in [6.07, 6.45) is -0.583. The van der Waals surface area contributed by atoms with Crippen LogP contribution in [0.4, 0.5) is 9.18 Å². The van der Waals surface area contributed by atoms with Gasteiger partial charge in [0, 0.05) is 5.56 Å². The number of amides is 1. The van der Waals surface area contributed by atoms with E-state index >= 15 is 0 Å². The van der Waals surface area contributed by atoms with Gasteiger partial charge in [0.1, 0.15) is 12.4 Å². The molecule has 0 heterocycles. The van der Waals surface area contributed by atoms with Gasteiger partial charge in [0.15, 0.2) is 0 Å². The van der Waals surface area contributed by atoms with Crippen molar-refractivity contribution in [3.8, 4) is 17.9 Å². The lowest BCUT2D eigenvalue weighted by atomic mass is 10.1. The highest BCUT2D eigenvalue weighted by Crippen LogP contribution is 2.07. The Hall–Kier alpha value is -3.31. The van der Waals surface area contributed by atoms with Gasteiger partial charge in [-0.15, -0.1) is 0 Å².